The van der Waals surface area contributed by atoms with Crippen molar-refractivity contribution in [3.8, 4) is 5.75 Å². The highest BCUT2D eigenvalue weighted by molar-refractivity contribution is 6.31. The van der Waals surface area contributed by atoms with E-state index in [-0.39, 0.29) is 17.6 Å². The van der Waals surface area contributed by atoms with Crippen LogP contribution in [0.25, 0.3) is 10.9 Å². The number of rotatable bonds is 6. The molecule has 0 radical (unpaired) electrons. The van der Waals surface area contributed by atoms with Crippen LogP contribution in [0.15, 0.2) is 48.7 Å². The van der Waals surface area contributed by atoms with Gasteiger partial charge in [0.15, 0.2) is 6.29 Å². The van der Waals surface area contributed by atoms with Crippen molar-refractivity contribution in [2.45, 2.75) is 31.3 Å². The van der Waals surface area contributed by atoms with Crippen LogP contribution in [0.3, 0.4) is 0 Å². The van der Waals surface area contributed by atoms with E-state index in [4.69, 9.17) is 11.6 Å². The molecule has 3 aromatic rings. The zero-order valence-corrected chi connectivity index (χ0v) is 22.3. The Hall–Kier alpha value is -3.08. The Balaban J connectivity index is 1.37. The van der Waals surface area contributed by atoms with Gasteiger partial charge >= 0.3 is 6.36 Å². The topological polar surface area (TPSA) is 58.0 Å². The van der Waals surface area contributed by atoms with Gasteiger partial charge in [0.2, 0.25) is 0 Å². The van der Waals surface area contributed by atoms with Crippen molar-refractivity contribution in [1.29, 1.82) is 0 Å². The molecule has 11 heteroatoms. The highest BCUT2D eigenvalue weighted by Gasteiger charge is 2.34. The highest BCUT2D eigenvalue weighted by Crippen LogP contribution is 2.37. The summed E-state index contributed by atoms with van der Waals surface area (Å²) in [6, 6.07) is 11.5. The van der Waals surface area contributed by atoms with Crippen LogP contribution in [0.5, 0.6) is 5.75 Å². The SMILES string of the molecule is CN1CCN(C(C=O)n2cc(C(=O)N3CCC(c4ccccc4OC(F)(F)F)CC3)c3ccc(Cl)cc32)CC1. The lowest BCUT2D eigenvalue weighted by Crippen LogP contribution is -2.47. The van der Waals surface area contributed by atoms with Gasteiger partial charge in [-0.05, 0) is 49.6 Å². The van der Waals surface area contributed by atoms with E-state index in [9.17, 15) is 22.8 Å². The number of fused-ring (bicyclic) bond motifs is 1. The summed E-state index contributed by atoms with van der Waals surface area (Å²) in [7, 11) is 2.04. The summed E-state index contributed by atoms with van der Waals surface area (Å²) >= 11 is 6.31. The lowest BCUT2D eigenvalue weighted by atomic mass is 9.88. The normalized spacial score (nSPS) is 18.8. The van der Waals surface area contributed by atoms with Crippen LogP contribution >= 0.6 is 11.6 Å². The molecular weight excluding hydrogens is 533 g/mol. The summed E-state index contributed by atoms with van der Waals surface area (Å²) < 4.78 is 44.8. The van der Waals surface area contributed by atoms with Gasteiger partial charge in [0, 0.05) is 55.9 Å². The number of ether oxygens (including phenoxy) is 1. The number of likely N-dealkylation sites (N-methyl/N-ethyl adjacent to an activating group) is 1. The molecule has 0 aliphatic carbocycles. The second-order valence-electron chi connectivity index (χ2n) is 10.2. The van der Waals surface area contributed by atoms with Gasteiger partial charge in [-0.2, -0.15) is 0 Å². The maximum absolute atomic E-state index is 13.7. The fourth-order valence-electron chi connectivity index (χ4n) is 5.63. The molecule has 2 fully saturated rings. The van der Waals surface area contributed by atoms with Gasteiger partial charge < -0.3 is 19.1 Å². The van der Waals surface area contributed by atoms with Gasteiger partial charge in [0.05, 0.1) is 11.1 Å². The van der Waals surface area contributed by atoms with Crippen LogP contribution in [0.2, 0.25) is 5.02 Å². The van der Waals surface area contributed by atoms with E-state index < -0.39 is 12.5 Å². The van der Waals surface area contributed by atoms with Gasteiger partial charge in [0.25, 0.3) is 5.91 Å². The van der Waals surface area contributed by atoms with Crippen molar-refractivity contribution in [3.05, 3.63) is 64.8 Å². The highest BCUT2D eigenvalue weighted by atomic mass is 35.5. The Kier molecular flexibility index (Phi) is 7.89. The van der Waals surface area contributed by atoms with Crippen LogP contribution in [-0.4, -0.2) is 84.1 Å². The number of para-hydroxylation sites is 1. The molecule has 0 N–H and O–H groups in total. The van der Waals surface area contributed by atoms with Crippen molar-refractivity contribution in [2.75, 3.05) is 46.3 Å². The minimum absolute atomic E-state index is 0.163. The molecule has 2 aliphatic rings. The van der Waals surface area contributed by atoms with Crippen molar-refractivity contribution >= 4 is 34.7 Å². The molecule has 0 bridgehead atoms. The molecule has 7 nitrogen and oxygen atoms in total. The maximum atomic E-state index is 13.7. The first-order valence-electron chi connectivity index (χ1n) is 13.0. The van der Waals surface area contributed by atoms with Gasteiger partial charge in [0.1, 0.15) is 11.9 Å². The fourth-order valence-corrected chi connectivity index (χ4v) is 5.79. The summed E-state index contributed by atoms with van der Waals surface area (Å²) in [4.78, 5) is 32.1. The largest absolute Gasteiger partial charge is 0.573 e. The number of piperidine rings is 1. The molecular formula is C28H30ClF3N4O3. The monoisotopic (exact) mass is 562 g/mol. The molecule has 39 heavy (non-hydrogen) atoms. The molecule has 5 rings (SSSR count). The number of hydrogen-bond donors (Lipinski definition) is 0. The molecule has 208 valence electrons. The number of amides is 1. The summed E-state index contributed by atoms with van der Waals surface area (Å²) in [5.74, 6) is -0.537. The van der Waals surface area contributed by atoms with Gasteiger partial charge in [-0.15, -0.1) is 13.2 Å². The Morgan fingerprint density at radius 2 is 1.74 bits per heavy atom. The van der Waals surface area contributed by atoms with Crippen molar-refractivity contribution in [2.24, 2.45) is 0 Å². The standard InChI is InChI=1S/C28H30ClF3N4O3/c1-33-12-14-34(15-13-33)26(18-37)36-17-23(22-7-6-20(29)16-24(22)36)27(38)35-10-8-19(9-11-35)21-4-2-3-5-25(21)39-28(30,31)32/h2-7,16-19,26H,8-15H2,1H3. The van der Waals surface area contributed by atoms with Crippen LogP contribution in [0, 0.1) is 0 Å². The number of alkyl halides is 3. The number of likely N-dealkylation sites (tertiary alicyclic amines) is 1. The fraction of sp³-hybridized carbons (Fsp3) is 0.429. The van der Waals surface area contributed by atoms with E-state index in [0.717, 1.165) is 32.5 Å². The van der Waals surface area contributed by atoms with Gasteiger partial charge in [-0.25, -0.2) is 0 Å². The molecule has 0 spiro atoms. The van der Waals surface area contributed by atoms with Crippen molar-refractivity contribution in [1.82, 2.24) is 19.3 Å². The molecule has 2 aromatic carbocycles. The number of carbonyl (C=O) groups is 2. The Morgan fingerprint density at radius 1 is 1.05 bits per heavy atom. The first-order chi connectivity index (χ1) is 18.6. The second-order valence-corrected chi connectivity index (χ2v) is 10.6. The number of nitrogens with zero attached hydrogens (tertiary/aromatic N) is 4. The second kappa shape index (κ2) is 11.2. The van der Waals surface area contributed by atoms with Crippen molar-refractivity contribution in [3.63, 3.8) is 0 Å². The Morgan fingerprint density at radius 3 is 2.41 bits per heavy atom. The van der Waals surface area contributed by atoms with Crippen LogP contribution in [0.1, 0.15) is 40.8 Å². The molecule has 1 unspecified atom stereocenters. The first-order valence-corrected chi connectivity index (χ1v) is 13.3. The zero-order chi connectivity index (χ0) is 27.7. The number of piperazine rings is 1. The number of aldehydes is 1. The van der Waals surface area contributed by atoms with E-state index in [0.29, 0.717) is 53.0 Å². The molecule has 3 heterocycles. The maximum Gasteiger partial charge on any atom is 0.573 e. The lowest BCUT2D eigenvalue weighted by Gasteiger charge is -2.36. The van der Waals surface area contributed by atoms with E-state index in [1.165, 1.54) is 12.1 Å². The average molecular weight is 563 g/mol. The van der Waals surface area contributed by atoms with Gasteiger partial charge in [-0.3, -0.25) is 14.5 Å². The molecule has 1 aromatic heterocycles. The molecule has 2 aliphatic heterocycles. The lowest BCUT2D eigenvalue weighted by molar-refractivity contribution is -0.275. The minimum Gasteiger partial charge on any atom is -0.405 e. The predicted octanol–water partition coefficient (Wildman–Crippen LogP) is 5.16. The third kappa shape index (κ3) is 5.92. The third-order valence-corrected chi connectivity index (χ3v) is 7.95. The number of hydrogen-bond acceptors (Lipinski definition) is 5. The van der Waals surface area contributed by atoms with Crippen LogP contribution < -0.4 is 4.74 Å². The molecule has 0 saturated carbocycles. The van der Waals surface area contributed by atoms with E-state index in [1.54, 1.807) is 41.4 Å². The van der Waals surface area contributed by atoms with Crippen LogP contribution in [-0.2, 0) is 4.79 Å². The molecule has 1 amide bonds. The number of aromatic nitrogens is 1. The molecule has 1 atom stereocenters. The van der Waals surface area contributed by atoms with E-state index in [2.05, 4.69) is 14.5 Å². The Bertz CT molecular complexity index is 1350. The summed E-state index contributed by atoms with van der Waals surface area (Å²) in [6.07, 6.45) is -1.70. The first kappa shape index (κ1) is 27.5. The third-order valence-electron chi connectivity index (χ3n) is 7.71. The summed E-state index contributed by atoms with van der Waals surface area (Å²) in [6.45, 7) is 3.89. The quantitative estimate of drug-likeness (QED) is 0.389. The molecule has 2 saturated heterocycles. The average Bonchev–Trinajstić information content (AvgIpc) is 3.27. The summed E-state index contributed by atoms with van der Waals surface area (Å²) in [5.41, 5.74) is 1.67. The van der Waals surface area contributed by atoms with E-state index in [1.807, 2.05) is 11.6 Å². The predicted molar refractivity (Wildman–Crippen MR) is 142 cm³/mol. The number of benzene rings is 2. The summed E-state index contributed by atoms with van der Waals surface area (Å²) in [5, 5.41) is 1.21. The number of carbonyl (C=O) groups excluding carboxylic acids is 2. The smallest absolute Gasteiger partial charge is 0.405 e. The Labute approximate surface area is 229 Å². The minimum atomic E-state index is -4.77. The van der Waals surface area contributed by atoms with Crippen LogP contribution in [0.4, 0.5) is 13.2 Å². The van der Waals surface area contributed by atoms with Crippen molar-refractivity contribution < 1.29 is 27.5 Å². The number of halogens is 4. The van der Waals surface area contributed by atoms with Gasteiger partial charge in [-0.1, -0.05) is 35.9 Å². The van der Waals surface area contributed by atoms with E-state index >= 15 is 0 Å². The zero-order valence-electron chi connectivity index (χ0n) is 21.5.